The molecule has 2 N–H and O–H groups in total. The number of nitrogens with one attached hydrogen (secondary N) is 1. The Balaban J connectivity index is 3.89. The van der Waals surface area contributed by atoms with Crippen LogP contribution in [0.3, 0.4) is 0 Å². The summed E-state index contributed by atoms with van der Waals surface area (Å²) in [6.45, 7) is 7.64. The van der Waals surface area contributed by atoms with E-state index in [4.69, 9.17) is 5.11 Å². The minimum Gasteiger partial charge on any atom is -0.395 e. The van der Waals surface area contributed by atoms with Gasteiger partial charge in [0.15, 0.2) is 0 Å². The molecule has 0 rings (SSSR count). The Hall–Kier alpha value is -0.610. The summed E-state index contributed by atoms with van der Waals surface area (Å²) in [5.74, 6) is 0.0579. The molecule has 0 fully saturated rings. The van der Waals surface area contributed by atoms with E-state index in [1.165, 1.54) is 0 Å². The Kier molecular flexibility index (Phi) is 7.42. The van der Waals surface area contributed by atoms with Crippen LogP contribution in [0.2, 0.25) is 0 Å². The molecular formula is C10H22N2O2. The van der Waals surface area contributed by atoms with Crippen molar-refractivity contribution in [3.05, 3.63) is 0 Å². The number of rotatable bonds is 7. The van der Waals surface area contributed by atoms with Crippen LogP contribution < -0.4 is 5.32 Å². The Morgan fingerprint density at radius 3 is 2.57 bits per heavy atom. The van der Waals surface area contributed by atoms with Gasteiger partial charge in [-0.3, -0.25) is 4.79 Å². The van der Waals surface area contributed by atoms with E-state index >= 15 is 0 Å². The fourth-order valence-electron chi connectivity index (χ4n) is 1.25. The van der Waals surface area contributed by atoms with Gasteiger partial charge >= 0.3 is 0 Å². The first-order valence-electron chi connectivity index (χ1n) is 5.24. The number of carbonyl (C=O) groups excluding carboxylic acids is 1. The van der Waals surface area contributed by atoms with Crippen molar-refractivity contribution >= 4 is 5.91 Å². The fraction of sp³-hybridized carbons (Fsp3) is 0.900. The number of carbonyl (C=O) groups is 1. The molecule has 1 amide bonds. The van der Waals surface area contributed by atoms with E-state index in [0.717, 1.165) is 13.0 Å². The van der Waals surface area contributed by atoms with Crippen LogP contribution >= 0.6 is 0 Å². The normalized spacial score (nSPS) is 10.6. The van der Waals surface area contributed by atoms with Gasteiger partial charge in [0.1, 0.15) is 0 Å². The highest BCUT2D eigenvalue weighted by atomic mass is 16.3. The molecule has 4 heteroatoms. The molecule has 0 unspecified atom stereocenters. The van der Waals surface area contributed by atoms with Gasteiger partial charge in [0.25, 0.3) is 0 Å². The van der Waals surface area contributed by atoms with Gasteiger partial charge < -0.3 is 15.3 Å². The third-order valence-electron chi connectivity index (χ3n) is 1.99. The number of hydrogen-bond acceptors (Lipinski definition) is 3. The Morgan fingerprint density at radius 1 is 1.50 bits per heavy atom. The predicted octanol–water partition coefficient (Wildman–Crippen LogP) is 0.215. The number of aliphatic hydroxyl groups excluding tert-OH is 1. The number of aliphatic hydroxyl groups is 1. The smallest absolute Gasteiger partial charge is 0.236 e. The summed E-state index contributed by atoms with van der Waals surface area (Å²) in [5.41, 5.74) is 0. The van der Waals surface area contributed by atoms with Crippen molar-refractivity contribution in [2.45, 2.75) is 33.2 Å². The molecule has 0 bridgehead atoms. The van der Waals surface area contributed by atoms with Gasteiger partial charge in [0, 0.05) is 12.6 Å². The van der Waals surface area contributed by atoms with Gasteiger partial charge in [0.2, 0.25) is 5.91 Å². The maximum Gasteiger partial charge on any atom is 0.236 e. The topological polar surface area (TPSA) is 52.6 Å². The van der Waals surface area contributed by atoms with E-state index in [1.807, 2.05) is 13.8 Å². The van der Waals surface area contributed by atoms with Crippen molar-refractivity contribution in [1.29, 1.82) is 0 Å². The molecule has 0 aromatic carbocycles. The van der Waals surface area contributed by atoms with E-state index in [1.54, 1.807) is 4.90 Å². The molecule has 0 heterocycles. The van der Waals surface area contributed by atoms with Crippen molar-refractivity contribution in [3.63, 3.8) is 0 Å². The lowest BCUT2D eigenvalue weighted by Crippen LogP contribution is -2.43. The van der Waals surface area contributed by atoms with Crippen molar-refractivity contribution in [2.24, 2.45) is 0 Å². The van der Waals surface area contributed by atoms with Crippen LogP contribution in [0.4, 0.5) is 0 Å². The van der Waals surface area contributed by atoms with E-state index in [2.05, 4.69) is 12.2 Å². The van der Waals surface area contributed by atoms with Crippen LogP contribution in [-0.4, -0.2) is 48.2 Å². The third kappa shape index (κ3) is 5.19. The van der Waals surface area contributed by atoms with Crippen molar-refractivity contribution < 1.29 is 9.90 Å². The molecule has 0 atom stereocenters. The molecule has 0 aromatic rings. The number of hydrogen-bond donors (Lipinski definition) is 2. The first-order valence-corrected chi connectivity index (χ1v) is 5.24. The monoisotopic (exact) mass is 202 g/mol. The minimum absolute atomic E-state index is 0.0255. The molecule has 0 saturated heterocycles. The molecule has 0 aliphatic rings. The van der Waals surface area contributed by atoms with Crippen molar-refractivity contribution in [2.75, 3.05) is 26.2 Å². The summed E-state index contributed by atoms with van der Waals surface area (Å²) in [6, 6.07) is 0.151. The maximum absolute atomic E-state index is 11.6. The molecule has 0 aliphatic carbocycles. The molecule has 0 spiro atoms. The van der Waals surface area contributed by atoms with Gasteiger partial charge in [-0.25, -0.2) is 0 Å². The van der Waals surface area contributed by atoms with E-state index in [0.29, 0.717) is 13.1 Å². The van der Waals surface area contributed by atoms with Crippen molar-refractivity contribution in [3.8, 4) is 0 Å². The van der Waals surface area contributed by atoms with Gasteiger partial charge in [0.05, 0.1) is 13.2 Å². The standard InChI is InChI=1S/C10H22N2O2/c1-4-5-11-8-10(14)12(6-7-13)9(2)3/h9,11,13H,4-8H2,1-3H3. The predicted molar refractivity (Wildman–Crippen MR) is 57.1 cm³/mol. The summed E-state index contributed by atoms with van der Waals surface area (Å²) in [4.78, 5) is 13.3. The molecule has 14 heavy (non-hydrogen) atoms. The lowest BCUT2D eigenvalue weighted by Gasteiger charge is -2.26. The second-order valence-corrected chi connectivity index (χ2v) is 3.58. The second-order valence-electron chi connectivity index (χ2n) is 3.58. The largest absolute Gasteiger partial charge is 0.395 e. The average molecular weight is 202 g/mol. The quantitative estimate of drug-likeness (QED) is 0.580. The second kappa shape index (κ2) is 7.76. The molecule has 4 nitrogen and oxygen atoms in total. The zero-order valence-electron chi connectivity index (χ0n) is 9.42. The molecule has 0 radical (unpaired) electrons. The van der Waals surface area contributed by atoms with Gasteiger partial charge in [-0.15, -0.1) is 0 Å². The van der Waals surface area contributed by atoms with E-state index < -0.39 is 0 Å². The number of amides is 1. The Labute approximate surface area is 86.3 Å². The van der Waals surface area contributed by atoms with E-state index in [9.17, 15) is 4.79 Å². The average Bonchev–Trinajstić information content (AvgIpc) is 2.13. The van der Waals surface area contributed by atoms with Gasteiger partial charge in [-0.2, -0.15) is 0 Å². The maximum atomic E-state index is 11.6. The molecule has 0 aromatic heterocycles. The third-order valence-corrected chi connectivity index (χ3v) is 1.99. The summed E-state index contributed by atoms with van der Waals surface area (Å²) in [5, 5.41) is 11.8. The van der Waals surface area contributed by atoms with Crippen LogP contribution in [-0.2, 0) is 4.79 Å². The van der Waals surface area contributed by atoms with Gasteiger partial charge in [-0.05, 0) is 26.8 Å². The molecular weight excluding hydrogens is 180 g/mol. The molecule has 0 saturated carbocycles. The highest BCUT2D eigenvalue weighted by molar-refractivity contribution is 5.78. The zero-order valence-corrected chi connectivity index (χ0v) is 9.42. The lowest BCUT2D eigenvalue weighted by molar-refractivity contribution is -0.132. The van der Waals surface area contributed by atoms with Gasteiger partial charge in [-0.1, -0.05) is 6.92 Å². The molecule has 84 valence electrons. The van der Waals surface area contributed by atoms with Crippen LogP contribution in [0.5, 0.6) is 0 Å². The Morgan fingerprint density at radius 2 is 2.14 bits per heavy atom. The van der Waals surface area contributed by atoms with Crippen LogP contribution in [0.15, 0.2) is 0 Å². The van der Waals surface area contributed by atoms with Crippen LogP contribution in [0, 0.1) is 0 Å². The fourth-order valence-corrected chi connectivity index (χ4v) is 1.25. The van der Waals surface area contributed by atoms with Crippen molar-refractivity contribution in [1.82, 2.24) is 10.2 Å². The first-order chi connectivity index (χ1) is 6.63. The highest BCUT2D eigenvalue weighted by Gasteiger charge is 2.14. The highest BCUT2D eigenvalue weighted by Crippen LogP contribution is 1.97. The molecule has 0 aliphatic heterocycles. The summed E-state index contributed by atoms with van der Waals surface area (Å²) >= 11 is 0. The van der Waals surface area contributed by atoms with E-state index in [-0.39, 0.29) is 18.6 Å². The summed E-state index contributed by atoms with van der Waals surface area (Å²) in [7, 11) is 0. The van der Waals surface area contributed by atoms with Crippen LogP contribution in [0.25, 0.3) is 0 Å². The minimum atomic E-state index is 0.0255. The first kappa shape index (κ1) is 13.4. The zero-order chi connectivity index (χ0) is 11.0. The summed E-state index contributed by atoms with van der Waals surface area (Å²) in [6.07, 6.45) is 1.02. The number of nitrogens with zero attached hydrogens (tertiary/aromatic N) is 1. The Bertz CT molecular complexity index is 160. The summed E-state index contributed by atoms with van der Waals surface area (Å²) < 4.78 is 0. The lowest BCUT2D eigenvalue weighted by atomic mass is 10.3. The van der Waals surface area contributed by atoms with Crippen LogP contribution in [0.1, 0.15) is 27.2 Å². The SMILES string of the molecule is CCCNCC(=O)N(CCO)C(C)C.